The monoisotopic (exact) mass is 385 g/mol. The molecule has 0 aliphatic carbocycles. The molecule has 28 heavy (non-hydrogen) atoms. The molecule has 0 saturated heterocycles. The largest absolute Gasteiger partial charge is 0.378 e. The first kappa shape index (κ1) is 21.8. The van der Waals surface area contributed by atoms with Gasteiger partial charge in [0.25, 0.3) is 5.56 Å². The van der Waals surface area contributed by atoms with Crippen LogP contribution in [0.1, 0.15) is 55.4 Å². The van der Waals surface area contributed by atoms with E-state index < -0.39 is 0 Å². The van der Waals surface area contributed by atoms with E-state index >= 15 is 0 Å². The number of amides is 1. The van der Waals surface area contributed by atoms with E-state index in [1.165, 1.54) is 5.56 Å². The lowest BCUT2D eigenvalue weighted by atomic mass is 10.0. The summed E-state index contributed by atoms with van der Waals surface area (Å²) in [5.41, 5.74) is 3.27. The van der Waals surface area contributed by atoms with Gasteiger partial charge in [-0.25, -0.2) is 4.98 Å². The van der Waals surface area contributed by atoms with Crippen LogP contribution in [0.2, 0.25) is 0 Å². The van der Waals surface area contributed by atoms with Gasteiger partial charge >= 0.3 is 0 Å². The molecule has 1 amide bonds. The van der Waals surface area contributed by atoms with Crippen LogP contribution in [0, 0.1) is 12.8 Å². The molecule has 0 spiro atoms. The minimum Gasteiger partial charge on any atom is -0.378 e. The van der Waals surface area contributed by atoms with Crippen molar-refractivity contribution < 1.29 is 9.53 Å². The zero-order chi connectivity index (χ0) is 20.7. The Balaban J connectivity index is 2.33. The molecule has 0 bridgehead atoms. The molecule has 0 radical (unpaired) electrons. The number of rotatable bonds is 9. The molecule has 1 heterocycles. The Morgan fingerprint density at radius 3 is 2.50 bits per heavy atom. The van der Waals surface area contributed by atoms with Gasteiger partial charge in [0, 0.05) is 31.6 Å². The van der Waals surface area contributed by atoms with E-state index in [0.717, 1.165) is 12.0 Å². The summed E-state index contributed by atoms with van der Waals surface area (Å²) < 4.78 is 5.28. The van der Waals surface area contributed by atoms with E-state index in [1.807, 2.05) is 52.0 Å². The highest BCUT2D eigenvalue weighted by atomic mass is 16.5. The van der Waals surface area contributed by atoms with Crippen molar-refractivity contribution in [3.63, 3.8) is 0 Å². The number of nitrogens with one attached hydrogen (secondary N) is 1. The Labute approximate surface area is 167 Å². The molecule has 152 valence electrons. The van der Waals surface area contributed by atoms with Crippen LogP contribution in [0.5, 0.6) is 0 Å². The van der Waals surface area contributed by atoms with Crippen molar-refractivity contribution >= 4 is 5.91 Å². The molecular weight excluding hydrogens is 354 g/mol. The quantitative estimate of drug-likeness (QED) is 0.719. The summed E-state index contributed by atoms with van der Waals surface area (Å²) in [7, 11) is 1.59. The van der Waals surface area contributed by atoms with Crippen LogP contribution in [0.4, 0.5) is 0 Å². The smallest absolute Gasteiger partial charge is 0.254 e. The fraction of sp³-hybridized carbons (Fsp3) is 0.500. The third kappa shape index (κ3) is 5.76. The Hall–Kier alpha value is -2.47. The van der Waals surface area contributed by atoms with E-state index in [2.05, 4.69) is 9.97 Å². The molecule has 0 saturated carbocycles. The zero-order valence-corrected chi connectivity index (χ0v) is 17.5. The van der Waals surface area contributed by atoms with Crippen molar-refractivity contribution in [1.82, 2.24) is 14.9 Å². The number of carbonyl (C=O) groups is 1. The zero-order valence-electron chi connectivity index (χ0n) is 17.5. The molecule has 0 atom stereocenters. The number of aromatic nitrogens is 2. The van der Waals surface area contributed by atoms with Gasteiger partial charge in [-0.15, -0.1) is 0 Å². The minimum absolute atomic E-state index is 0.0570. The lowest BCUT2D eigenvalue weighted by Gasteiger charge is -2.24. The molecule has 1 aromatic carbocycles. The first-order chi connectivity index (χ1) is 13.3. The minimum atomic E-state index is -0.175. The third-order valence-corrected chi connectivity index (χ3v) is 4.57. The van der Waals surface area contributed by atoms with Gasteiger partial charge in [-0.1, -0.05) is 50.6 Å². The van der Waals surface area contributed by atoms with Gasteiger partial charge in [-0.2, -0.15) is 0 Å². The van der Waals surface area contributed by atoms with Crippen LogP contribution in [0.3, 0.4) is 0 Å². The molecule has 0 unspecified atom stereocenters. The summed E-state index contributed by atoms with van der Waals surface area (Å²) >= 11 is 0. The molecule has 0 aliphatic rings. The van der Waals surface area contributed by atoms with Gasteiger partial charge in [0.05, 0.1) is 18.8 Å². The summed E-state index contributed by atoms with van der Waals surface area (Å²) in [5.74, 6) is 0.450. The van der Waals surface area contributed by atoms with E-state index in [4.69, 9.17) is 4.74 Å². The number of hydrogen-bond acceptors (Lipinski definition) is 4. The van der Waals surface area contributed by atoms with Gasteiger partial charge in [0.1, 0.15) is 5.82 Å². The first-order valence-electron chi connectivity index (χ1n) is 9.79. The topological polar surface area (TPSA) is 75.3 Å². The number of nitrogens with zero attached hydrogens (tertiary/aromatic N) is 2. The maximum absolute atomic E-state index is 12.8. The van der Waals surface area contributed by atoms with Crippen LogP contribution in [0.25, 0.3) is 0 Å². The molecule has 0 aliphatic heterocycles. The Morgan fingerprint density at radius 2 is 1.93 bits per heavy atom. The molecule has 2 rings (SSSR count). The number of methoxy groups -OCH3 is 1. The second-order valence-corrected chi connectivity index (χ2v) is 7.45. The number of aryl methyl sites for hydroxylation is 1. The Kier molecular flexibility index (Phi) is 7.93. The summed E-state index contributed by atoms with van der Waals surface area (Å²) in [6.07, 6.45) is 1.34. The van der Waals surface area contributed by atoms with Crippen LogP contribution in [-0.4, -0.2) is 34.4 Å². The predicted molar refractivity (Wildman–Crippen MR) is 110 cm³/mol. The molecule has 6 nitrogen and oxygen atoms in total. The van der Waals surface area contributed by atoms with Crippen LogP contribution >= 0.6 is 0 Å². The van der Waals surface area contributed by atoms with Crippen molar-refractivity contribution in [1.29, 1.82) is 0 Å². The highest BCUT2D eigenvalue weighted by molar-refractivity contribution is 5.78. The first-order valence-corrected chi connectivity index (χ1v) is 9.79. The number of ether oxygens (including phenoxy) is 1. The average Bonchev–Trinajstić information content (AvgIpc) is 2.65. The SMILES string of the molecule is CCCN(Cc1nc(COC)c(Cc2ccc(C)cc2)c(=O)[nH]1)C(=O)C(C)C. The molecule has 1 N–H and O–H groups in total. The Bertz CT molecular complexity index is 841. The molecule has 0 fully saturated rings. The standard InChI is InChI=1S/C22H31N3O3/c1-6-11-25(22(27)15(2)3)13-20-23-19(14-28-5)18(21(26)24-20)12-17-9-7-16(4)8-10-17/h7-10,15H,6,11-14H2,1-5H3,(H,23,24,26). The van der Waals surface area contributed by atoms with E-state index in [-0.39, 0.29) is 24.0 Å². The third-order valence-electron chi connectivity index (χ3n) is 4.57. The van der Waals surface area contributed by atoms with Gasteiger partial charge in [-0.3, -0.25) is 9.59 Å². The average molecular weight is 386 g/mol. The maximum atomic E-state index is 12.8. The van der Waals surface area contributed by atoms with E-state index in [1.54, 1.807) is 12.0 Å². The van der Waals surface area contributed by atoms with E-state index in [9.17, 15) is 9.59 Å². The summed E-state index contributed by atoms with van der Waals surface area (Å²) in [5, 5.41) is 0. The molecule has 2 aromatic rings. The molecule has 6 heteroatoms. The number of benzene rings is 1. The van der Waals surface area contributed by atoms with Crippen molar-refractivity contribution in [2.45, 2.75) is 53.7 Å². The Morgan fingerprint density at radius 1 is 1.25 bits per heavy atom. The van der Waals surface area contributed by atoms with Crippen LogP contribution < -0.4 is 5.56 Å². The number of H-pyrrole nitrogens is 1. The molecule has 1 aromatic heterocycles. The normalized spacial score (nSPS) is 11.1. The predicted octanol–water partition coefficient (Wildman–Crippen LogP) is 3.21. The van der Waals surface area contributed by atoms with Crippen LogP contribution in [-0.2, 0) is 29.1 Å². The second kappa shape index (κ2) is 10.2. The lowest BCUT2D eigenvalue weighted by Crippen LogP contribution is -2.36. The van der Waals surface area contributed by atoms with Crippen molar-refractivity contribution in [2.75, 3.05) is 13.7 Å². The highest BCUT2D eigenvalue weighted by Gasteiger charge is 2.19. The summed E-state index contributed by atoms with van der Waals surface area (Å²) in [4.78, 5) is 34.5. The van der Waals surface area contributed by atoms with Crippen molar-refractivity contribution in [3.8, 4) is 0 Å². The number of hydrogen-bond donors (Lipinski definition) is 1. The van der Waals surface area contributed by atoms with Crippen molar-refractivity contribution in [3.05, 3.63) is 62.8 Å². The highest BCUT2D eigenvalue weighted by Crippen LogP contribution is 2.13. The van der Waals surface area contributed by atoms with Gasteiger partial charge in [0.15, 0.2) is 0 Å². The van der Waals surface area contributed by atoms with Gasteiger partial charge in [-0.05, 0) is 18.9 Å². The van der Waals surface area contributed by atoms with E-state index in [0.29, 0.717) is 36.6 Å². The van der Waals surface area contributed by atoms with Crippen molar-refractivity contribution in [2.24, 2.45) is 5.92 Å². The molecular formula is C22H31N3O3. The maximum Gasteiger partial charge on any atom is 0.254 e. The number of carbonyl (C=O) groups excluding carboxylic acids is 1. The van der Waals surface area contributed by atoms with Crippen LogP contribution in [0.15, 0.2) is 29.1 Å². The summed E-state index contributed by atoms with van der Waals surface area (Å²) in [6.45, 7) is 8.99. The fourth-order valence-corrected chi connectivity index (χ4v) is 3.10. The van der Waals surface area contributed by atoms with Gasteiger partial charge in [0.2, 0.25) is 5.91 Å². The second-order valence-electron chi connectivity index (χ2n) is 7.45. The van der Waals surface area contributed by atoms with Gasteiger partial charge < -0.3 is 14.6 Å². The summed E-state index contributed by atoms with van der Waals surface area (Å²) in [6, 6.07) is 8.09. The fourth-order valence-electron chi connectivity index (χ4n) is 3.10. The number of aromatic amines is 1. The lowest BCUT2D eigenvalue weighted by molar-refractivity contribution is -0.135.